The summed E-state index contributed by atoms with van der Waals surface area (Å²) in [4.78, 5) is 14.7. The molecular weight excluding hydrogens is 297 g/mol. The van der Waals surface area contributed by atoms with E-state index in [9.17, 15) is 9.32 Å². The van der Waals surface area contributed by atoms with Gasteiger partial charge in [0, 0.05) is 10.2 Å². The van der Waals surface area contributed by atoms with E-state index in [1.54, 1.807) is 24.3 Å². The number of halogens is 2. The van der Waals surface area contributed by atoms with Crippen LogP contribution < -0.4 is 10.5 Å². The summed E-state index contributed by atoms with van der Waals surface area (Å²) in [6, 6.07) is 9.48. The zero-order valence-corrected chi connectivity index (χ0v) is 12.0. The highest BCUT2D eigenvalue weighted by Crippen LogP contribution is 2.33. The smallest absolute Gasteiger partial charge is 0.383 e. The highest BCUT2D eigenvalue weighted by atomic mass is 35.5. The first kappa shape index (κ1) is 15.1. The molecule has 4 nitrogen and oxygen atoms in total. The van der Waals surface area contributed by atoms with Gasteiger partial charge in [-0.2, -0.15) is 0 Å². The number of anilines is 1. The van der Waals surface area contributed by atoms with Crippen molar-refractivity contribution in [3.05, 3.63) is 52.5 Å². The van der Waals surface area contributed by atoms with E-state index in [-0.39, 0.29) is 16.3 Å². The largest absolute Gasteiger partial charge is 0.455 e. The van der Waals surface area contributed by atoms with Crippen molar-refractivity contribution in [2.75, 3.05) is 5.73 Å². The van der Waals surface area contributed by atoms with Gasteiger partial charge in [-0.3, -0.25) is 0 Å². The minimum atomic E-state index is -1.13. The molecule has 0 heterocycles. The Labute approximate surface area is 126 Å². The number of rotatable bonds is 4. The van der Waals surface area contributed by atoms with Gasteiger partial charge in [0.1, 0.15) is 17.1 Å². The second-order valence-electron chi connectivity index (χ2n) is 4.34. The maximum absolute atomic E-state index is 12.2. The fourth-order valence-electron chi connectivity index (χ4n) is 1.80. The summed E-state index contributed by atoms with van der Waals surface area (Å²) in [6.45, 7) is 1.95. The normalized spacial score (nSPS) is 10.2. The Kier molecular flexibility index (Phi) is 4.65. The first-order valence-electron chi connectivity index (χ1n) is 6.24. The maximum Gasteiger partial charge on any atom is 0.383 e. The molecule has 2 N–H and O–H groups in total. The molecule has 0 spiro atoms. The molecule has 0 atom stereocenters. The predicted octanol–water partition coefficient (Wildman–Crippen LogP) is 4.32. The molecule has 2 rings (SSSR count). The molecule has 2 aromatic rings. The molecule has 0 aliphatic heterocycles. The van der Waals surface area contributed by atoms with Crippen LogP contribution in [0.15, 0.2) is 36.4 Å². The molecule has 2 aromatic carbocycles. The number of carbonyl (C=O) groups excluding carboxylic acids is 1. The number of carbonyl (C=O) groups is 1. The Balaban J connectivity index is 2.43. The maximum atomic E-state index is 12.2. The van der Waals surface area contributed by atoms with Gasteiger partial charge >= 0.3 is 5.97 Å². The van der Waals surface area contributed by atoms with Crippen molar-refractivity contribution in [1.82, 2.24) is 0 Å². The van der Waals surface area contributed by atoms with Gasteiger partial charge in [-0.15, -0.1) is 0 Å². The number of nitrogens with two attached hydrogens (primary N) is 1. The van der Waals surface area contributed by atoms with E-state index in [0.29, 0.717) is 11.4 Å². The van der Waals surface area contributed by atoms with Crippen LogP contribution in [-0.2, 0) is 11.4 Å². The predicted molar refractivity (Wildman–Crippen MR) is 78.3 cm³/mol. The summed E-state index contributed by atoms with van der Waals surface area (Å²) in [5.74, 6) is -0.644. The van der Waals surface area contributed by atoms with Crippen molar-refractivity contribution in [1.29, 1.82) is 0 Å². The minimum absolute atomic E-state index is 0.0254. The van der Waals surface area contributed by atoms with Gasteiger partial charge in [-0.05, 0) is 42.3 Å². The molecule has 0 aromatic heterocycles. The number of aryl methyl sites for hydroxylation is 1. The third kappa shape index (κ3) is 3.44. The Hall–Kier alpha value is -2.27. The lowest BCUT2D eigenvalue weighted by atomic mass is 10.1. The molecule has 110 valence electrons. The summed E-state index contributed by atoms with van der Waals surface area (Å²) in [5, 5.41) is 0.288. The Morgan fingerprint density at radius 3 is 2.62 bits per heavy atom. The van der Waals surface area contributed by atoms with E-state index in [1.165, 1.54) is 12.1 Å². The van der Waals surface area contributed by atoms with E-state index >= 15 is 0 Å². The third-order valence-corrected chi connectivity index (χ3v) is 3.22. The average Bonchev–Trinajstić information content (AvgIpc) is 2.49. The minimum Gasteiger partial charge on any atom is -0.455 e. The lowest BCUT2D eigenvalue weighted by molar-refractivity contribution is -0.0789. The van der Waals surface area contributed by atoms with Crippen LogP contribution in [0.3, 0.4) is 0 Å². The van der Waals surface area contributed by atoms with Crippen LogP contribution in [0.1, 0.15) is 22.8 Å². The molecule has 0 bridgehead atoms. The second kappa shape index (κ2) is 6.45. The fourth-order valence-corrected chi connectivity index (χ4v) is 2.03. The summed E-state index contributed by atoms with van der Waals surface area (Å²) < 4.78 is 17.8. The molecule has 0 aliphatic rings. The van der Waals surface area contributed by atoms with Crippen molar-refractivity contribution in [2.45, 2.75) is 13.3 Å². The van der Waals surface area contributed by atoms with E-state index in [0.717, 1.165) is 12.0 Å². The van der Waals surface area contributed by atoms with Crippen molar-refractivity contribution in [3.8, 4) is 11.5 Å². The van der Waals surface area contributed by atoms with Crippen molar-refractivity contribution < 1.29 is 19.0 Å². The Morgan fingerprint density at radius 2 is 2.00 bits per heavy atom. The summed E-state index contributed by atoms with van der Waals surface area (Å²) in [7, 11) is 0. The van der Waals surface area contributed by atoms with Crippen molar-refractivity contribution in [2.24, 2.45) is 0 Å². The second-order valence-corrected chi connectivity index (χ2v) is 4.75. The quantitative estimate of drug-likeness (QED) is 0.854. The molecular formula is C15H13ClFNO3. The van der Waals surface area contributed by atoms with Gasteiger partial charge in [-0.25, -0.2) is 9.74 Å². The van der Waals surface area contributed by atoms with Gasteiger partial charge in [0.2, 0.25) is 0 Å². The van der Waals surface area contributed by atoms with E-state index in [1.807, 2.05) is 6.92 Å². The van der Waals surface area contributed by atoms with Crippen LogP contribution in [-0.4, -0.2) is 5.97 Å². The first-order valence-corrected chi connectivity index (χ1v) is 6.61. The molecule has 0 amide bonds. The third-order valence-electron chi connectivity index (χ3n) is 2.92. The molecule has 21 heavy (non-hydrogen) atoms. The van der Waals surface area contributed by atoms with E-state index < -0.39 is 5.97 Å². The topological polar surface area (TPSA) is 61.5 Å². The van der Waals surface area contributed by atoms with E-state index in [4.69, 9.17) is 22.1 Å². The van der Waals surface area contributed by atoms with Gasteiger partial charge in [0.25, 0.3) is 0 Å². The number of benzene rings is 2. The van der Waals surface area contributed by atoms with Crippen molar-refractivity contribution in [3.63, 3.8) is 0 Å². The summed E-state index contributed by atoms with van der Waals surface area (Å²) in [5.41, 5.74) is 6.98. The zero-order chi connectivity index (χ0) is 15.4. The number of hydrogen-bond donors (Lipinski definition) is 1. The molecule has 0 unspecified atom stereocenters. The van der Waals surface area contributed by atoms with Crippen molar-refractivity contribution >= 4 is 23.3 Å². The summed E-state index contributed by atoms with van der Waals surface area (Å²) >= 11 is 6.02. The van der Waals surface area contributed by atoms with Crippen LogP contribution in [0.2, 0.25) is 5.02 Å². The molecule has 0 fully saturated rings. The Morgan fingerprint density at radius 1 is 1.24 bits per heavy atom. The SMILES string of the molecule is CCc1ccc(C(=O)OF)c(Oc2ccc(N)cc2Cl)c1. The summed E-state index contributed by atoms with van der Waals surface area (Å²) in [6.07, 6.45) is 0.733. The lowest BCUT2D eigenvalue weighted by Gasteiger charge is -2.12. The monoisotopic (exact) mass is 309 g/mol. The number of nitrogen functional groups attached to an aromatic ring is 1. The van der Waals surface area contributed by atoms with Gasteiger partial charge in [0.05, 0.1) is 5.02 Å². The number of hydrogen-bond acceptors (Lipinski definition) is 4. The van der Waals surface area contributed by atoms with Gasteiger partial charge in [0.15, 0.2) is 0 Å². The first-order chi connectivity index (χ1) is 10.0. The highest BCUT2D eigenvalue weighted by molar-refractivity contribution is 6.32. The molecule has 0 radical (unpaired) electrons. The van der Waals surface area contributed by atoms with E-state index in [2.05, 4.69) is 4.94 Å². The highest BCUT2D eigenvalue weighted by Gasteiger charge is 2.17. The molecule has 6 heteroatoms. The fraction of sp³-hybridized carbons (Fsp3) is 0.133. The molecule has 0 aliphatic carbocycles. The van der Waals surface area contributed by atoms with Crippen LogP contribution in [0.4, 0.5) is 10.2 Å². The van der Waals surface area contributed by atoms with Gasteiger partial charge < -0.3 is 10.5 Å². The molecule has 0 saturated heterocycles. The van der Waals surface area contributed by atoms with Crippen LogP contribution in [0, 0.1) is 0 Å². The van der Waals surface area contributed by atoms with Gasteiger partial charge in [-0.1, -0.05) is 24.6 Å². The van der Waals surface area contributed by atoms with Crippen LogP contribution in [0.5, 0.6) is 11.5 Å². The molecule has 0 saturated carbocycles. The zero-order valence-electron chi connectivity index (χ0n) is 11.2. The number of ether oxygens (including phenoxy) is 1. The lowest BCUT2D eigenvalue weighted by Crippen LogP contribution is -2.03. The standard InChI is InChI=1S/C15H13ClFNO3/c1-2-9-3-5-11(15(19)21-17)14(7-9)20-13-6-4-10(18)8-12(13)16/h3-8H,2,18H2,1H3. The van der Waals surface area contributed by atoms with Crippen LogP contribution in [0.25, 0.3) is 0 Å². The Bertz CT molecular complexity index is 676. The average molecular weight is 310 g/mol. The van der Waals surface area contributed by atoms with Crippen LogP contribution >= 0.6 is 11.6 Å².